The first-order valence-electron chi connectivity index (χ1n) is 11.6. The molecule has 1 aliphatic rings. The van der Waals surface area contributed by atoms with Gasteiger partial charge in [-0.2, -0.15) is 4.98 Å². The highest BCUT2D eigenvalue weighted by molar-refractivity contribution is 5.90. The molecule has 12 heteroatoms. The van der Waals surface area contributed by atoms with E-state index in [0.29, 0.717) is 25.7 Å². The number of rotatable bonds is 6. The van der Waals surface area contributed by atoms with Gasteiger partial charge in [0.05, 0.1) is 36.5 Å². The second-order valence-corrected chi connectivity index (χ2v) is 9.49. The summed E-state index contributed by atoms with van der Waals surface area (Å²) in [5.74, 6) is -0.955. The number of aliphatic hydroxyl groups is 1. The largest absolute Gasteiger partial charge is 0.479 e. The average Bonchev–Trinajstić information content (AvgIpc) is 3.30. The quantitative estimate of drug-likeness (QED) is 0.368. The van der Waals surface area contributed by atoms with Crippen molar-refractivity contribution in [2.45, 2.75) is 64.1 Å². The second-order valence-electron chi connectivity index (χ2n) is 9.49. The molecule has 5 rings (SSSR count). The maximum atomic E-state index is 15.3. The molecular weight excluding hydrogens is 480 g/mol. The molecule has 4 aromatic rings. The minimum Gasteiger partial charge on any atom is -0.479 e. The number of halogens is 4. The molecule has 2 N–H and O–H groups in total. The van der Waals surface area contributed by atoms with E-state index >= 15 is 4.39 Å². The average molecular weight is 507 g/mol. The van der Waals surface area contributed by atoms with E-state index in [0.717, 1.165) is 12.3 Å². The third-order valence-electron chi connectivity index (χ3n) is 6.75. The Morgan fingerprint density at radius 1 is 1.19 bits per heavy atom. The highest BCUT2D eigenvalue weighted by atomic mass is 19.3. The first-order valence-corrected chi connectivity index (χ1v) is 11.6. The van der Waals surface area contributed by atoms with Gasteiger partial charge in [-0.15, -0.1) is 5.10 Å². The topological polar surface area (TPSA) is 89.5 Å². The highest BCUT2D eigenvalue weighted by Gasteiger charge is 2.29. The van der Waals surface area contributed by atoms with Crippen LogP contribution in [0.15, 0.2) is 18.3 Å². The van der Waals surface area contributed by atoms with Crippen molar-refractivity contribution in [3.05, 3.63) is 35.8 Å². The molecule has 1 saturated carbocycles. The fourth-order valence-electron chi connectivity index (χ4n) is 4.88. The zero-order valence-electron chi connectivity index (χ0n) is 20.0. The normalized spacial score (nSPS) is 20.5. The summed E-state index contributed by atoms with van der Waals surface area (Å²) in [6.45, 7) is 2.65. The van der Waals surface area contributed by atoms with Crippen LogP contribution in [0.25, 0.3) is 27.7 Å². The Kier molecular flexibility index (Phi) is 6.01. The molecule has 0 unspecified atom stereocenters. The number of alkyl halides is 2. The van der Waals surface area contributed by atoms with Gasteiger partial charge in [-0.3, -0.25) is 0 Å². The van der Waals surface area contributed by atoms with Crippen LogP contribution in [0, 0.1) is 18.6 Å². The maximum absolute atomic E-state index is 15.3. The van der Waals surface area contributed by atoms with Crippen LogP contribution in [0.4, 0.5) is 23.5 Å². The predicted octanol–water partition coefficient (Wildman–Crippen LogP) is 4.71. The van der Waals surface area contributed by atoms with Crippen molar-refractivity contribution < 1.29 is 27.4 Å². The third-order valence-corrected chi connectivity index (χ3v) is 6.75. The summed E-state index contributed by atoms with van der Waals surface area (Å²) >= 11 is 0. The Bertz CT molecular complexity index is 1440. The van der Waals surface area contributed by atoms with Gasteiger partial charge in [-0.05, 0) is 57.2 Å². The standard InChI is InChI=1S/C24H26F4N6O2/c1-12-29-20-15(25)8-13(9-17(20)33(12)11-18(27)28)19-16(26)10-34-21(19)22(36-3)31-23(32-34)30-14-4-6-24(2,35)7-5-14/h8-10,14,18,35H,4-7,11H2,1-3H3,(H,30,32). The van der Waals surface area contributed by atoms with Crippen LogP contribution in [-0.4, -0.2) is 54.4 Å². The Morgan fingerprint density at radius 3 is 2.58 bits per heavy atom. The molecule has 0 atom stereocenters. The van der Waals surface area contributed by atoms with Crippen LogP contribution in [-0.2, 0) is 6.54 Å². The third kappa shape index (κ3) is 4.34. The lowest BCUT2D eigenvalue weighted by atomic mass is 9.84. The lowest BCUT2D eigenvalue weighted by Crippen LogP contribution is -2.36. The van der Waals surface area contributed by atoms with E-state index in [1.165, 1.54) is 29.2 Å². The van der Waals surface area contributed by atoms with Crippen LogP contribution < -0.4 is 10.1 Å². The minimum absolute atomic E-state index is 0.0182. The molecule has 0 aliphatic heterocycles. The van der Waals surface area contributed by atoms with Crippen molar-refractivity contribution in [2.24, 2.45) is 0 Å². The van der Waals surface area contributed by atoms with Gasteiger partial charge < -0.3 is 19.7 Å². The van der Waals surface area contributed by atoms with Gasteiger partial charge in [0.15, 0.2) is 11.6 Å². The summed E-state index contributed by atoms with van der Waals surface area (Å²) in [5.41, 5.74) is -0.362. The second kappa shape index (κ2) is 8.91. The SMILES string of the molecule is COc1nc(NC2CCC(C)(O)CC2)nn2cc(F)c(-c3cc(F)c4nc(C)n(CC(F)F)c4c3)c12. The van der Waals surface area contributed by atoms with Gasteiger partial charge in [-0.1, -0.05) is 0 Å². The molecule has 0 spiro atoms. The fourth-order valence-corrected chi connectivity index (χ4v) is 4.88. The number of methoxy groups -OCH3 is 1. The summed E-state index contributed by atoms with van der Waals surface area (Å²) in [6.07, 6.45) is 1.15. The molecule has 192 valence electrons. The summed E-state index contributed by atoms with van der Waals surface area (Å²) in [5, 5.41) is 17.8. The number of aryl methyl sites for hydroxylation is 1. The van der Waals surface area contributed by atoms with Crippen molar-refractivity contribution in [1.29, 1.82) is 0 Å². The lowest BCUT2D eigenvalue weighted by Gasteiger charge is -2.33. The molecule has 1 aliphatic carbocycles. The van der Waals surface area contributed by atoms with E-state index < -0.39 is 30.2 Å². The predicted molar refractivity (Wildman–Crippen MR) is 125 cm³/mol. The summed E-state index contributed by atoms with van der Waals surface area (Å²) < 4.78 is 64.4. The molecule has 1 aromatic carbocycles. The molecule has 0 saturated heterocycles. The molecule has 1 fully saturated rings. The summed E-state index contributed by atoms with van der Waals surface area (Å²) in [7, 11) is 1.38. The number of nitrogens with one attached hydrogen (secondary N) is 1. The van der Waals surface area contributed by atoms with Crippen LogP contribution in [0.5, 0.6) is 5.88 Å². The van der Waals surface area contributed by atoms with Crippen molar-refractivity contribution in [1.82, 2.24) is 24.1 Å². The number of hydrogen-bond acceptors (Lipinski definition) is 6. The number of fused-ring (bicyclic) bond motifs is 2. The maximum Gasteiger partial charge on any atom is 0.256 e. The van der Waals surface area contributed by atoms with Crippen LogP contribution in [0.2, 0.25) is 0 Å². The van der Waals surface area contributed by atoms with E-state index in [9.17, 15) is 18.3 Å². The Morgan fingerprint density at radius 2 is 1.92 bits per heavy atom. The number of aromatic nitrogens is 5. The van der Waals surface area contributed by atoms with Gasteiger partial charge in [-0.25, -0.2) is 27.1 Å². The molecule has 36 heavy (non-hydrogen) atoms. The first-order chi connectivity index (χ1) is 17.1. The van der Waals surface area contributed by atoms with E-state index in [2.05, 4.69) is 20.4 Å². The Hall–Kier alpha value is -3.41. The van der Waals surface area contributed by atoms with Crippen molar-refractivity contribution >= 4 is 22.5 Å². The van der Waals surface area contributed by atoms with Crippen molar-refractivity contribution in [3.8, 4) is 17.0 Å². The number of hydrogen-bond donors (Lipinski definition) is 2. The lowest BCUT2D eigenvalue weighted by molar-refractivity contribution is 0.0195. The van der Waals surface area contributed by atoms with Crippen LogP contribution in [0.1, 0.15) is 38.4 Å². The number of nitrogens with zero attached hydrogens (tertiary/aromatic N) is 5. The van der Waals surface area contributed by atoms with E-state index in [1.54, 1.807) is 6.92 Å². The number of anilines is 1. The first kappa shape index (κ1) is 24.3. The van der Waals surface area contributed by atoms with Crippen molar-refractivity contribution in [2.75, 3.05) is 12.4 Å². The Balaban J connectivity index is 1.58. The zero-order chi connectivity index (χ0) is 25.8. The fraction of sp³-hybridized carbons (Fsp3) is 0.458. The van der Waals surface area contributed by atoms with Crippen LogP contribution in [0.3, 0.4) is 0 Å². The summed E-state index contributed by atoms with van der Waals surface area (Å²) in [6, 6.07) is 2.57. The monoisotopic (exact) mass is 506 g/mol. The van der Waals surface area contributed by atoms with Gasteiger partial charge in [0.1, 0.15) is 16.9 Å². The smallest absolute Gasteiger partial charge is 0.256 e. The minimum atomic E-state index is -2.67. The van der Waals surface area contributed by atoms with Gasteiger partial charge in [0.25, 0.3) is 6.43 Å². The van der Waals surface area contributed by atoms with Gasteiger partial charge in [0, 0.05) is 6.04 Å². The molecular formula is C24H26F4N6O2. The van der Waals surface area contributed by atoms with E-state index in [-0.39, 0.29) is 51.4 Å². The molecule has 8 nitrogen and oxygen atoms in total. The van der Waals surface area contributed by atoms with Gasteiger partial charge in [0.2, 0.25) is 11.8 Å². The summed E-state index contributed by atoms with van der Waals surface area (Å²) in [4.78, 5) is 8.46. The van der Waals surface area contributed by atoms with E-state index in [4.69, 9.17) is 4.74 Å². The van der Waals surface area contributed by atoms with Crippen molar-refractivity contribution in [3.63, 3.8) is 0 Å². The molecule has 3 aromatic heterocycles. The van der Waals surface area contributed by atoms with Crippen LogP contribution >= 0.6 is 0 Å². The molecule has 0 radical (unpaired) electrons. The molecule has 0 bridgehead atoms. The Labute approximate surface area is 203 Å². The zero-order valence-corrected chi connectivity index (χ0v) is 20.0. The molecule has 3 heterocycles. The van der Waals surface area contributed by atoms with E-state index in [1.807, 2.05) is 0 Å². The highest BCUT2D eigenvalue weighted by Crippen LogP contribution is 2.37. The number of benzene rings is 1. The molecule has 0 amide bonds. The van der Waals surface area contributed by atoms with Gasteiger partial charge >= 0.3 is 0 Å². The number of ether oxygens (including phenoxy) is 1. The number of imidazole rings is 1.